The fourth-order valence-corrected chi connectivity index (χ4v) is 1.27. The molecule has 4 N–H and O–H groups in total. The number of rotatable bonds is 4. The van der Waals surface area contributed by atoms with Gasteiger partial charge in [0.15, 0.2) is 0 Å². The van der Waals surface area contributed by atoms with Crippen LogP contribution in [0, 0.1) is 0 Å². The molecule has 1 aromatic rings. The van der Waals surface area contributed by atoms with Gasteiger partial charge in [-0.25, -0.2) is 0 Å². The molecule has 0 atom stereocenters. The van der Waals surface area contributed by atoms with E-state index in [2.05, 4.69) is 5.32 Å². The first-order valence-corrected chi connectivity index (χ1v) is 4.75. The number of phenolic OH excluding ortho intramolecular Hbond substituents is 1. The number of phenols is 1. The molecule has 0 saturated carbocycles. The summed E-state index contributed by atoms with van der Waals surface area (Å²) in [6.45, 7) is 1.88. The number of nitrogens with one attached hydrogen (secondary N) is 1. The van der Waals surface area contributed by atoms with Gasteiger partial charge in [-0.1, -0.05) is 6.07 Å². The molecule has 6 nitrogen and oxygen atoms in total. The average molecular weight is 226 g/mol. The number of amides is 1. The third kappa shape index (κ3) is 3.41. The largest absolute Gasteiger partial charge is 0.506 e. The zero-order chi connectivity index (χ0) is 12.1. The van der Waals surface area contributed by atoms with Gasteiger partial charge in [-0.2, -0.15) is 0 Å². The van der Waals surface area contributed by atoms with Crippen molar-refractivity contribution in [2.24, 2.45) is 0 Å². The van der Waals surface area contributed by atoms with Crippen molar-refractivity contribution in [3.05, 3.63) is 23.8 Å². The van der Waals surface area contributed by atoms with Gasteiger partial charge in [-0.15, -0.1) is 5.23 Å². The molecule has 0 heterocycles. The highest BCUT2D eigenvalue weighted by Gasteiger charge is 2.07. The molecule has 0 radical (unpaired) electrons. The zero-order valence-electron chi connectivity index (χ0n) is 8.84. The maximum atomic E-state index is 10.6. The molecule has 1 rings (SSSR count). The standard InChI is InChI=1S/C10H14N2O4/c1-7(13)11-5-4-8-2-3-10(14)9(6-8)12(15)16/h2-3,6,14-16H,4-5H2,1H3,(H,11,13). The average Bonchev–Trinajstić information content (AvgIpc) is 2.19. The fraction of sp³-hybridized carbons (Fsp3) is 0.300. The van der Waals surface area contributed by atoms with Crippen molar-refractivity contribution in [3.8, 4) is 5.75 Å². The molecular formula is C10H14N2O4. The van der Waals surface area contributed by atoms with E-state index in [1.165, 1.54) is 19.1 Å². The SMILES string of the molecule is CC(=O)NCCc1ccc(O)c(N(O)O)c1. The van der Waals surface area contributed by atoms with Gasteiger partial charge in [0.2, 0.25) is 5.91 Å². The number of benzene rings is 1. The molecule has 0 spiro atoms. The Bertz CT molecular complexity index is 379. The van der Waals surface area contributed by atoms with Crippen LogP contribution in [-0.2, 0) is 11.2 Å². The summed E-state index contributed by atoms with van der Waals surface area (Å²) >= 11 is 0. The lowest BCUT2D eigenvalue weighted by Crippen LogP contribution is -2.22. The minimum atomic E-state index is -0.228. The minimum absolute atomic E-state index is 0.0969. The summed E-state index contributed by atoms with van der Waals surface area (Å²) < 4.78 is 0. The molecule has 0 aromatic heterocycles. The Kier molecular flexibility index (Phi) is 4.10. The number of hydrogen-bond donors (Lipinski definition) is 4. The molecule has 1 aromatic carbocycles. The second-order valence-electron chi connectivity index (χ2n) is 3.35. The van der Waals surface area contributed by atoms with Crippen molar-refractivity contribution in [2.75, 3.05) is 11.8 Å². The Morgan fingerprint density at radius 3 is 2.69 bits per heavy atom. The third-order valence-electron chi connectivity index (χ3n) is 2.04. The summed E-state index contributed by atoms with van der Waals surface area (Å²) in [5, 5.41) is 29.4. The molecule has 0 unspecified atom stereocenters. The van der Waals surface area contributed by atoms with Crippen molar-refractivity contribution in [2.45, 2.75) is 13.3 Å². The summed E-state index contributed by atoms with van der Waals surface area (Å²) in [7, 11) is 0. The normalized spacial score (nSPS) is 9.94. The van der Waals surface area contributed by atoms with E-state index in [1.54, 1.807) is 6.07 Å². The van der Waals surface area contributed by atoms with Crippen LogP contribution in [0.5, 0.6) is 5.75 Å². The van der Waals surface area contributed by atoms with Crippen LogP contribution in [0.4, 0.5) is 5.69 Å². The smallest absolute Gasteiger partial charge is 0.216 e. The number of hydrogen-bond acceptors (Lipinski definition) is 5. The van der Waals surface area contributed by atoms with Crippen LogP contribution >= 0.6 is 0 Å². The van der Waals surface area contributed by atoms with Crippen LogP contribution < -0.4 is 10.5 Å². The Morgan fingerprint density at radius 2 is 2.12 bits per heavy atom. The van der Waals surface area contributed by atoms with E-state index in [0.29, 0.717) is 13.0 Å². The topological polar surface area (TPSA) is 93.0 Å². The Balaban J connectivity index is 2.67. The van der Waals surface area contributed by atoms with Crippen LogP contribution in [-0.4, -0.2) is 28.0 Å². The summed E-state index contributed by atoms with van der Waals surface area (Å²) in [6, 6.07) is 4.43. The van der Waals surface area contributed by atoms with Gasteiger partial charge in [-0.05, 0) is 24.1 Å². The van der Waals surface area contributed by atoms with Crippen molar-refractivity contribution in [3.63, 3.8) is 0 Å². The molecular weight excluding hydrogens is 212 g/mol. The number of anilines is 1. The number of aromatic hydroxyl groups is 1. The summed E-state index contributed by atoms with van der Waals surface area (Å²) in [5.41, 5.74) is 0.676. The molecule has 1 amide bonds. The maximum Gasteiger partial charge on any atom is 0.216 e. The highest BCUT2D eigenvalue weighted by atomic mass is 16.8. The molecule has 16 heavy (non-hydrogen) atoms. The van der Waals surface area contributed by atoms with Gasteiger partial charge in [0.25, 0.3) is 0 Å². The molecule has 0 aliphatic rings. The quantitative estimate of drug-likeness (QED) is 0.566. The predicted octanol–water partition coefficient (Wildman–Crippen LogP) is 0.656. The zero-order valence-corrected chi connectivity index (χ0v) is 8.84. The van der Waals surface area contributed by atoms with E-state index in [1.807, 2.05) is 0 Å². The molecule has 6 heteroatoms. The highest BCUT2D eigenvalue weighted by Crippen LogP contribution is 2.26. The van der Waals surface area contributed by atoms with Gasteiger partial charge < -0.3 is 10.4 Å². The summed E-state index contributed by atoms with van der Waals surface area (Å²) in [6.07, 6.45) is 0.542. The molecule has 0 fully saturated rings. The van der Waals surface area contributed by atoms with E-state index in [0.717, 1.165) is 5.56 Å². The van der Waals surface area contributed by atoms with E-state index >= 15 is 0 Å². The van der Waals surface area contributed by atoms with Crippen molar-refractivity contribution in [1.29, 1.82) is 0 Å². The van der Waals surface area contributed by atoms with Crippen molar-refractivity contribution >= 4 is 11.6 Å². The molecule has 0 bridgehead atoms. The van der Waals surface area contributed by atoms with Gasteiger partial charge in [0.05, 0.1) is 0 Å². The highest BCUT2D eigenvalue weighted by molar-refractivity contribution is 5.72. The number of carbonyl (C=O) groups is 1. The Labute approximate surface area is 92.7 Å². The minimum Gasteiger partial charge on any atom is -0.506 e. The van der Waals surface area contributed by atoms with E-state index < -0.39 is 0 Å². The van der Waals surface area contributed by atoms with E-state index in [9.17, 15) is 9.90 Å². The molecule has 0 aliphatic heterocycles. The monoisotopic (exact) mass is 226 g/mol. The first kappa shape index (κ1) is 12.3. The molecule has 88 valence electrons. The van der Waals surface area contributed by atoms with Crippen LogP contribution in [0.1, 0.15) is 12.5 Å². The summed E-state index contributed by atoms with van der Waals surface area (Å²) in [4.78, 5) is 10.6. The van der Waals surface area contributed by atoms with Crippen LogP contribution in [0.2, 0.25) is 0 Å². The van der Waals surface area contributed by atoms with Crippen LogP contribution in [0.3, 0.4) is 0 Å². The van der Waals surface area contributed by atoms with Crippen LogP contribution in [0.15, 0.2) is 18.2 Å². The first-order chi connectivity index (χ1) is 7.50. The fourth-order valence-electron chi connectivity index (χ4n) is 1.27. The van der Waals surface area contributed by atoms with Crippen molar-refractivity contribution in [1.82, 2.24) is 5.32 Å². The Hall–Kier alpha value is -1.79. The number of nitrogens with zero attached hydrogens (tertiary/aromatic N) is 1. The second kappa shape index (κ2) is 5.34. The Morgan fingerprint density at radius 1 is 1.44 bits per heavy atom. The molecule has 0 aliphatic carbocycles. The number of carbonyl (C=O) groups excluding carboxylic acids is 1. The lowest BCUT2D eigenvalue weighted by atomic mass is 10.1. The van der Waals surface area contributed by atoms with E-state index in [4.69, 9.17) is 10.4 Å². The van der Waals surface area contributed by atoms with Gasteiger partial charge in [-0.3, -0.25) is 15.2 Å². The first-order valence-electron chi connectivity index (χ1n) is 4.75. The molecule has 0 saturated heterocycles. The summed E-state index contributed by atoms with van der Waals surface area (Å²) in [5.74, 6) is -0.349. The third-order valence-corrected chi connectivity index (χ3v) is 2.04. The maximum absolute atomic E-state index is 10.6. The second-order valence-corrected chi connectivity index (χ2v) is 3.35. The lowest BCUT2D eigenvalue weighted by molar-refractivity contribution is -0.118. The van der Waals surface area contributed by atoms with Crippen molar-refractivity contribution < 1.29 is 20.3 Å². The lowest BCUT2D eigenvalue weighted by Gasteiger charge is -2.11. The van der Waals surface area contributed by atoms with Gasteiger partial charge in [0.1, 0.15) is 11.4 Å². The predicted molar refractivity (Wildman–Crippen MR) is 56.5 cm³/mol. The van der Waals surface area contributed by atoms with Gasteiger partial charge >= 0.3 is 0 Å². The van der Waals surface area contributed by atoms with Gasteiger partial charge in [0, 0.05) is 13.5 Å². The van der Waals surface area contributed by atoms with Crippen LogP contribution in [0.25, 0.3) is 0 Å². The van der Waals surface area contributed by atoms with E-state index in [-0.39, 0.29) is 22.6 Å².